The number of unbranched alkanes of at least 4 members (excludes halogenated alkanes) is 5. The van der Waals surface area contributed by atoms with Gasteiger partial charge in [-0.25, -0.2) is 0 Å². The van der Waals surface area contributed by atoms with Crippen molar-refractivity contribution in [1.29, 1.82) is 0 Å². The van der Waals surface area contributed by atoms with E-state index < -0.39 is 0 Å². The smallest absolute Gasteiger partial charge is 0.0326 e. The van der Waals surface area contributed by atoms with Crippen LogP contribution in [0.25, 0.3) is 0 Å². The lowest BCUT2D eigenvalue weighted by atomic mass is 9.86. The van der Waals surface area contributed by atoms with Crippen molar-refractivity contribution in [2.24, 2.45) is 11.8 Å². The lowest BCUT2D eigenvalue weighted by molar-refractivity contribution is 0.414. The van der Waals surface area contributed by atoms with E-state index in [1.807, 2.05) is 0 Å². The van der Waals surface area contributed by atoms with Gasteiger partial charge in [-0.15, -0.1) is 0 Å². The van der Waals surface area contributed by atoms with E-state index in [9.17, 15) is 0 Å². The summed E-state index contributed by atoms with van der Waals surface area (Å²) in [6.07, 6.45) is 18.1. The summed E-state index contributed by atoms with van der Waals surface area (Å²) in [5, 5.41) is 0. The van der Waals surface area contributed by atoms with Crippen molar-refractivity contribution in [3.8, 4) is 0 Å². The van der Waals surface area contributed by atoms with Crippen LogP contribution < -0.4 is 0 Å². The summed E-state index contributed by atoms with van der Waals surface area (Å²) in [7, 11) is 0. The van der Waals surface area contributed by atoms with Gasteiger partial charge in [0.15, 0.2) is 0 Å². The van der Waals surface area contributed by atoms with Crippen LogP contribution in [0.15, 0.2) is 0 Å². The average molecular weight is 253 g/mol. The van der Waals surface area contributed by atoms with E-state index in [2.05, 4.69) is 34.1 Å². The molecule has 0 aromatic rings. The molecule has 109 valence electrons. The van der Waals surface area contributed by atoms with Crippen molar-refractivity contribution in [2.75, 3.05) is 0 Å². The number of rotatable bonds is 13. The van der Waals surface area contributed by atoms with E-state index >= 15 is 0 Å². The van der Waals surface area contributed by atoms with E-state index in [1.54, 1.807) is 0 Å². The molecule has 0 saturated heterocycles. The molecule has 0 amide bonds. The molecule has 18 heavy (non-hydrogen) atoms. The van der Waals surface area contributed by atoms with Gasteiger partial charge in [0.05, 0.1) is 0 Å². The summed E-state index contributed by atoms with van der Waals surface area (Å²) in [6.45, 7) is 9.34. The van der Waals surface area contributed by atoms with Crippen LogP contribution in [0, 0.1) is 18.3 Å². The SMILES string of the molecule is CCCCCCCC(C)[CH]C(CCC)CCCC. The van der Waals surface area contributed by atoms with Crippen LogP contribution in [-0.2, 0) is 0 Å². The molecule has 2 atom stereocenters. The highest BCUT2D eigenvalue weighted by Gasteiger charge is 2.12. The molecule has 0 saturated carbocycles. The molecular weight excluding hydrogens is 216 g/mol. The topological polar surface area (TPSA) is 0 Å². The Morgan fingerprint density at radius 3 is 1.94 bits per heavy atom. The van der Waals surface area contributed by atoms with E-state index in [1.165, 1.54) is 70.6 Å². The molecule has 0 aliphatic carbocycles. The predicted molar refractivity (Wildman–Crippen MR) is 84.8 cm³/mol. The van der Waals surface area contributed by atoms with Gasteiger partial charge < -0.3 is 0 Å². The maximum absolute atomic E-state index is 2.67. The Kier molecular flexibility index (Phi) is 13.4. The highest BCUT2D eigenvalue weighted by molar-refractivity contribution is 4.81. The molecule has 0 aliphatic rings. The fraction of sp³-hybridized carbons (Fsp3) is 0.944. The molecule has 2 unspecified atom stereocenters. The van der Waals surface area contributed by atoms with Gasteiger partial charge >= 0.3 is 0 Å². The lowest BCUT2D eigenvalue weighted by Crippen LogP contribution is -2.08. The van der Waals surface area contributed by atoms with E-state index in [4.69, 9.17) is 0 Å². The van der Waals surface area contributed by atoms with Gasteiger partial charge in [0.1, 0.15) is 0 Å². The summed E-state index contributed by atoms with van der Waals surface area (Å²) in [6, 6.07) is 0. The third-order valence-corrected chi connectivity index (χ3v) is 3.95. The third-order valence-electron chi connectivity index (χ3n) is 3.95. The lowest BCUT2D eigenvalue weighted by Gasteiger charge is -2.20. The Labute approximate surface area is 117 Å². The van der Waals surface area contributed by atoms with Crippen molar-refractivity contribution >= 4 is 0 Å². The summed E-state index contributed by atoms with van der Waals surface area (Å²) in [5.41, 5.74) is 0. The van der Waals surface area contributed by atoms with Gasteiger partial charge in [-0.1, -0.05) is 98.3 Å². The van der Waals surface area contributed by atoms with Gasteiger partial charge in [-0.3, -0.25) is 0 Å². The Morgan fingerprint density at radius 1 is 0.667 bits per heavy atom. The van der Waals surface area contributed by atoms with Gasteiger partial charge in [0.25, 0.3) is 0 Å². The quantitative estimate of drug-likeness (QED) is 0.317. The second-order valence-electron chi connectivity index (χ2n) is 6.06. The molecule has 0 aromatic carbocycles. The van der Waals surface area contributed by atoms with Crippen LogP contribution in [0.2, 0.25) is 0 Å². The minimum atomic E-state index is 0.833. The molecule has 0 fully saturated rings. The van der Waals surface area contributed by atoms with Gasteiger partial charge in [0, 0.05) is 0 Å². The Morgan fingerprint density at radius 2 is 1.33 bits per heavy atom. The van der Waals surface area contributed by atoms with E-state index in [0.29, 0.717) is 0 Å². The van der Waals surface area contributed by atoms with Crippen molar-refractivity contribution in [3.05, 3.63) is 6.42 Å². The van der Waals surface area contributed by atoms with Gasteiger partial charge in [0.2, 0.25) is 0 Å². The summed E-state index contributed by atoms with van der Waals surface area (Å²) in [5.74, 6) is 1.72. The minimum absolute atomic E-state index is 0.833. The second kappa shape index (κ2) is 13.4. The zero-order valence-electron chi connectivity index (χ0n) is 13.5. The predicted octanol–water partition coefficient (Wildman–Crippen LogP) is 6.79. The van der Waals surface area contributed by atoms with Crippen LogP contribution in [0.4, 0.5) is 0 Å². The molecular formula is C18H37. The Hall–Kier alpha value is 0. The first-order chi connectivity index (χ1) is 8.74. The van der Waals surface area contributed by atoms with Crippen molar-refractivity contribution in [2.45, 2.75) is 98.3 Å². The van der Waals surface area contributed by atoms with Crippen LogP contribution in [0.3, 0.4) is 0 Å². The molecule has 0 spiro atoms. The molecule has 0 heterocycles. The largest absolute Gasteiger partial charge is 0.0654 e. The Bertz CT molecular complexity index is 150. The van der Waals surface area contributed by atoms with E-state index in [0.717, 1.165) is 11.8 Å². The summed E-state index contributed by atoms with van der Waals surface area (Å²) >= 11 is 0. The fourth-order valence-electron chi connectivity index (χ4n) is 2.80. The molecule has 0 aliphatic heterocycles. The minimum Gasteiger partial charge on any atom is -0.0654 e. The number of hydrogen-bond donors (Lipinski definition) is 0. The average Bonchev–Trinajstić information content (AvgIpc) is 2.36. The second-order valence-corrected chi connectivity index (χ2v) is 6.06. The zero-order chi connectivity index (χ0) is 13.6. The van der Waals surface area contributed by atoms with Crippen molar-refractivity contribution in [1.82, 2.24) is 0 Å². The van der Waals surface area contributed by atoms with Crippen LogP contribution >= 0.6 is 0 Å². The summed E-state index contributed by atoms with van der Waals surface area (Å²) in [4.78, 5) is 0. The van der Waals surface area contributed by atoms with Crippen molar-refractivity contribution in [3.63, 3.8) is 0 Å². The molecule has 0 N–H and O–H groups in total. The monoisotopic (exact) mass is 253 g/mol. The maximum atomic E-state index is 2.67. The first kappa shape index (κ1) is 18.0. The highest BCUT2D eigenvalue weighted by Crippen LogP contribution is 2.25. The van der Waals surface area contributed by atoms with Crippen LogP contribution in [0.5, 0.6) is 0 Å². The molecule has 0 heteroatoms. The van der Waals surface area contributed by atoms with Crippen molar-refractivity contribution < 1.29 is 0 Å². The normalized spacial score (nSPS) is 14.7. The fourth-order valence-corrected chi connectivity index (χ4v) is 2.80. The third kappa shape index (κ3) is 11.1. The van der Waals surface area contributed by atoms with Crippen LogP contribution in [-0.4, -0.2) is 0 Å². The first-order valence-electron chi connectivity index (χ1n) is 8.59. The molecule has 0 bridgehead atoms. The maximum Gasteiger partial charge on any atom is -0.0326 e. The van der Waals surface area contributed by atoms with Gasteiger partial charge in [-0.2, -0.15) is 0 Å². The standard InChI is InChI=1S/C18H37/c1-5-8-10-11-12-14-17(4)16-18(13-7-3)15-9-6-2/h16-18H,5-15H2,1-4H3. The van der Waals surface area contributed by atoms with Gasteiger partial charge in [-0.05, 0) is 18.3 Å². The Balaban J connectivity index is 3.62. The molecule has 0 nitrogen and oxygen atoms in total. The number of hydrogen-bond acceptors (Lipinski definition) is 0. The first-order valence-corrected chi connectivity index (χ1v) is 8.59. The van der Waals surface area contributed by atoms with E-state index in [-0.39, 0.29) is 0 Å². The highest BCUT2D eigenvalue weighted by atomic mass is 14.2. The molecule has 0 rings (SSSR count). The van der Waals surface area contributed by atoms with Crippen LogP contribution in [0.1, 0.15) is 98.3 Å². The summed E-state index contributed by atoms with van der Waals surface area (Å²) < 4.78 is 0. The zero-order valence-corrected chi connectivity index (χ0v) is 13.5. The molecule has 1 radical (unpaired) electrons. The molecule has 0 aromatic heterocycles.